The van der Waals surface area contributed by atoms with E-state index in [1.807, 2.05) is 32.0 Å². The van der Waals surface area contributed by atoms with Crippen LogP contribution in [0.4, 0.5) is 5.69 Å². The number of nitrogens with one attached hydrogen (secondary N) is 1. The summed E-state index contributed by atoms with van der Waals surface area (Å²) in [6.45, 7) is 4.04. The molecule has 5 aliphatic rings. The molecule has 1 atom stereocenters. The highest BCUT2D eigenvalue weighted by molar-refractivity contribution is 6.00. The second kappa shape index (κ2) is 7.64. The van der Waals surface area contributed by atoms with E-state index >= 15 is 0 Å². The number of aryl methyl sites for hydroxylation is 1. The molecule has 0 unspecified atom stereocenters. The summed E-state index contributed by atoms with van der Waals surface area (Å²) < 4.78 is 5.36. The fourth-order valence-corrected chi connectivity index (χ4v) is 6.98. The van der Waals surface area contributed by atoms with Gasteiger partial charge in [-0.05, 0) is 87.3 Å². The van der Waals surface area contributed by atoms with E-state index in [0.29, 0.717) is 6.54 Å². The first-order valence-electron chi connectivity index (χ1n) is 11.7. The average molecular weight is 425 g/mol. The summed E-state index contributed by atoms with van der Waals surface area (Å²) >= 11 is 0. The smallest absolute Gasteiger partial charge is 0.311 e. The molecule has 0 aromatic heterocycles. The maximum atomic E-state index is 12.6. The van der Waals surface area contributed by atoms with Gasteiger partial charge in [-0.3, -0.25) is 14.4 Å². The largest absolute Gasteiger partial charge is 0.455 e. The molecule has 1 aromatic rings. The van der Waals surface area contributed by atoms with Crippen molar-refractivity contribution in [3.8, 4) is 0 Å². The van der Waals surface area contributed by atoms with Gasteiger partial charge in [0.15, 0.2) is 6.61 Å². The number of nitrogens with zero attached hydrogens (tertiary/aromatic N) is 1. The number of hydrogen-bond acceptors (Lipinski definition) is 4. The van der Waals surface area contributed by atoms with Crippen LogP contribution in [0.25, 0.3) is 0 Å². The Morgan fingerprint density at radius 3 is 2.39 bits per heavy atom. The van der Waals surface area contributed by atoms with Crippen LogP contribution in [0.15, 0.2) is 18.2 Å². The van der Waals surface area contributed by atoms with Crippen molar-refractivity contribution in [1.29, 1.82) is 0 Å². The number of carbonyl (C=O) groups excluding carboxylic acids is 3. The summed E-state index contributed by atoms with van der Waals surface area (Å²) in [6, 6.07) is 5.84. The van der Waals surface area contributed by atoms with Crippen LogP contribution in [0, 0.1) is 37.5 Å². The Bertz CT molecular complexity index is 889. The molecule has 6 heteroatoms. The van der Waals surface area contributed by atoms with Crippen LogP contribution < -0.4 is 10.2 Å². The van der Waals surface area contributed by atoms with Crippen LogP contribution >= 0.6 is 0 Å². The lowest BCUT2D eigenvalue weighted by atomic mass is 9.53. The number of benzene rings is 1. The second-order valence-electron chi connectivity index (χ2n) is 10.5. The Morgan fingerprint density at radius 1 is 1.10 bits per heavy atom. The Hall–Kier alpha value is -2.37. The van der Waals surface area contributed by atoms with Crippen LogP contribution in [0.1, 0.15) is 56.1 Å². The van der Waals surface area contributed by atoms with Crippen LogP contribution in [0.5, 0.6) is 0 Å². The lowest BCUT2D eigenvalue weighted by Gasteiger charge is -2.56. The lowest BCUT2D eigenvalue weighted by molar-refractivity contribution is -0.153. The monoisotopic (exact) mass is 424 g/mol. The maximum absolute atomic E-state index is 12.6. The van der Waals surface area contributed by atoms with Crippen molar-refractivity contribution in [2.75, 3.05) is 18.1 Å². The van der Waals surface area contributed by atoms with Gasteiger partial charge in [-0.2, -0.15) is 0 Å². The number of hydrogen-bond donors (Lipinski definition) is 1. The van der Waals surface area contributed by atoms with E-state index in [1.54, 1.807) is 4.90 Å². The molecule has 1 aromatic carbocycles. The zero-order valence-corrected chi connectivity index (χ0v) is 18.5. The standard InChI is InChI=1S/C25H32N2O4/c1-15-4-3-5-21(16(15)2)27-13-20(9-23(27)29)24(30)31-14-22(28)26-25-10-17-6-18(11-25)8-19(7-17)12-25/h3-5,17-20H,6-14H2,1-2H3,(H,26,28)/t17?,18?,19?,20-,25?/m0/s1. The molecule has 6 nitrogen and oxygen atoms in total. The fourth-order valence-electron chi connectivity index (χ4n) is 6.98. The molecule has 0 radical (unpaired) electrons. The Kier molecular flexibility index (Phi) is 5.06. The minimum Gasteiger partial charge on any atom is -0.455 e. The van der Waals surface area contributed by atoms with Crippen molar-refractivity contribution in [2.24, 2.45) is 23.7 Å². The predicted molar refractivity (Wildman–Crippen MR) is 116 cm³/mol. The van der Waals surface area contributed by atoms with Gasteiger partial charge in [-0.25, -0.2) is 0 Å². The van der Waals surface area contributed by atoms with E-state index in [0.717, 1.165) is 53.8 Å². The van der Waals surface area contributed by atoms with Crippen LogP contribution in [0.2, 0.25) is 0 Å². The predicted octanol–water partition coefficient (Wildman–Crippen LogP) is 3.28. The van der Waals surface area contributed by atoms with Crippen LogP contribution in [-0.2, 0) is 19.1 Å². The molecule has 1 aliphatic heterocycles. The highest BCUT2D eigenvalue weighted by atomic mass is 16.5. The molecule has 2 amide bonds. The maximum Gasteiger partial charge on any atom is 0.311 e. The zero-order chi connectivity index (χ0) is 21.8. The molecule has 4 aliphatic carbocycles. The van der Waals surface area contributed by atoms with Crippen molar-refractivity contribution in [3.63, 3.8) is 0 Å². The minimum absolute atomic E-state index is 0.0753. The second-order valence-corrected chi connectivity index (χ2v) is 10.5. The summed E-state index contributed by atoms with van der Waals surface area (Å²) in [5.41, 5.74) is 2.92. The third-order valence-corrected chi connectivity index (χ3v) is 8.11. The van der Waals surface area contributed by atoms with Gasteiger partial charge in [-0.15, -0.1) is 0 Å². The van der Waals surface area contributed by atoms with E-state index in [2.05, 4.69) is 5.32 Å². The van der Waals surface area contributed by atoms with E-state index in [-0.39, 0.29) is 30.4 Å². The van der Waals surface area contributed by atoms with Gasteiger partial charge in [0.25, 0.3) is 5.91 Å². The first-order chi connectivity index (χ1) is 14.8. The van der Waals surface area contributed by atoms with Gasteiger partial charge in [0.2, 0.25) is 5.91 Å². The lowest BCUT2D eigenvalue weighted by Crippen LogP contribution is -2.60. The molecule has 1 saturated heterocycles. The quantitative estimate of drug-likeness (QED) is 0.736. The molecule has 5 fully saturated rings. The van der Waals surface area contributed by atoms with Gasteiger partial charge in [-0.1, -0.05) is 12.1 Å². The number of amides is 2. The van der Waals surface area contributed by atoms with Gasteiger partial charge < -0.3 is 15.0 Å². The molecule has 4 saturated carbocycles. The molecule has 1 heterocycles. The van der Waals surface area contributed by atoms with Crippen molar-refractivity contribution in [3.05, 3.63) is 29.3 Å². The van der Waals surface area contributed by atoms with Crippen molar-refractivity contribution in [1.82, 2.24) is 5.32 Å². The number of ether oxygens (including phenoxy) is 1. The van der Waals surface area contributed by atoms with E-state index in [9.17, 15) is 14.4 Å². The Balaban J connectivity index is 1.15. The van der Waals surface area contributed by atoms with Gasteiger partial charge >= 0.3 is 5.97 Å². The van der Waals surface area contributed by atoms with E-state index < -0.39 is 11.9 Å². The molecular weight excluding hydrogens is 392 g/mol. The highest BCUT2D eigenvalue weighted by Crippen LogP contribution is 2.55. The Labute approximate surface area is 183 Å². The van der Waals surface area contributed by atoms with E-state index in [1.165, 1.54) is 19.3 Å². The summed E-state index contributed by atoms with van der Waals surface area (Å²) in [5.74, 6) is 0.972. The van der Waals surface area contributed by atoms with Gasteiger partial charge in [0.1, 0.15) is 0 Å². The summed E-state index contributed by atoms with van der Waals surface area (Å²) in [4.78, 5) is 39.4. The average Bonchev–Trinajstić information content (AvgIpc) is 3.08. The molecule has 1 N–H and O–H groups in total. The van der Waals surface area contributed by atoms with Gasteiger partial charge in [0.05, 0.1) is 5.92 Å². The van der Waals surface area contributed by atoms with Crippen LogP contribution in [-0.4, -0.2) is 36.5 Å². The summed E-state index contributed by atoms with van der Waals surface area (Å²) in [7, 11) is 0. The highest BCUT2D eigenvalue weighted by Gasteiger charge is 2.51. The third-order valence-electron chi connectivity index (χ3n) is 8.11. The number of carbonyl (C=O) groups is 3. The number of anilines is 1. The SMILES string of the molecule is Cc1cccc(N2C[C@@H](C(=O)OCC(=O)NC34CC5CC(CC(C5)C3)C4)CC2=O)c1C. The minimum atomic E-state index is -0.528. The topological polar surface area (TPSA) is 75.7 Å². The van der Waals surface area contributed by atoms with Crippen molar-refractivity contribution < 1.29 is 19.1 Å². The fraction of sp³-hybridized carbons (Fsp3) is 0.640. The first-order valence-corrected chi connectivity index (χ1v) is 11.7. The molecule has 31 heavy (non-hydrogen) atoms. The summed E-state index contributed by atoms with van der Waals surface area (Å²) in [5, 5.41) is 3.23. The van der Waals surface area contributed by atoms with E-state index in [4.69, 9.17) is 4.74 Å². The number of esters is 1. The van der Waals surface area contributed by atoms with Crippen molar-refractivity contribution in [2.45, 2.75) is 64.3 Å². The third kappa shape index (κ3) is 3.85. The van der Waals surface area contributed by atoms with Crippen molar-refractivity contribution >= 4 is 23.5 Å². The zero-order valence-electron chi connectivity index (χ0n) is 18.5. The molecule has 166 valence electrons. The summed E-state index contributed by atoms with van der Waals surface area (Å²) in [6.07, 6.45) is 7.29. The van der Waals surface area contributed by atoms with Gasteiger partial charge in [0, 0.05) is 24.2 Å². The Morgan fingerprint density at radius 2 is 1.74 bits per heavy atom. The molecular formula is C25H32N2O4. The number of rotatable bonds is 5. The molecule has 4 bridgehead atoms. The molecule has 6 rings (SSSR count). The first kappa shape index (κ1) is 20.5. The molecule has 0 spiro atoms. The van der Waals surface area contributed by atoms with Crippen LogP contribution in [0.3, 0.4) is 0 Å². The normalized spacial score (nSPS) is 33.6.